The molecular weight excluding hydrogens is 560 g/mol. The number of hydrogen-bond donors (Lipinski definition) is 6. The minimum absolute atomic E-state index is 0.112. The lowest BCUT2D eigenvalue weighted by atomic mass is 9.34. The zero-order valence-electron chi connectivity index (χ0n) is 28.2. The van der Waals surface area contributed by atoms with Crippen molar-refractivity contribution in [2.75, 3.05) is 6.61 Å². The molecule has 252 valence electrons. The molecule has 0 bridgehead atoms. The second-order valence-corrected chi connectivity index (χ2v) is 16.8. The third kappa shape index (κ3) is 5.18. The van der Waals surface area contributed by atoms with Gasteiger partial charge in [0.1, 0.15) is 24.4 Å². The monoisotopic (exact) mass is 620 g/mol. The zero-order valence-corrected chi connectivity index (χ0v) is 28.2. The van der Waals surface area contributed by atoms with E-state index in [1.165, 1.54) is 11.1 Å². The topological polar surface area (TPSA) is 140 Å². The van der Waals surface area contributed by atoms with Crippen molar-refractivity contribution in [3.63, 3.8) is 0 Å². The Bertz CT molecular complexity index is 1110. The van der Waals surface area contributed by atoms with E-state index >= 15 is 0 Å². The van der Waals surface area contributed by atoms with Crippen LogP contribution in [-0.2, 0) is 9.47 Å². The number of aliphatic hydroxyl groups excluding tert-OH is 6. The number of rotatable bonds is 6. The fourth-order valence-electron chi connectivity index (χ4n) is 11.5. The molecule has 5 aliphatic rings. The van der Waals surface area contributed by atoms with Crippen molar-refractivity contribution >= 4 is 0 Å². The van der Waals surface area contributed by atoms with Crippen LogP contribution in [0.1, 0.15) is 100 Å². The van der Waals surface area contributed by atoms with Gasteiger partial charge in [-0.3, -0.25) is 0 Å². The van der Waals surface area contributed by atoms with E-state index in [0.29, 0.717) is 25.2 Å². The van der Waals surface area contributed by atoms with E-state index in [1.54, 1.807) is 0 Å². The summed E-state index contributed by atoms with van der Waals surface area (Å²) in [5, 5.41) is 65.2. The molecule has 1 unspecified atom stereocenters. The van der Waals surface area contributed by atoms with Crippen molar-refractivity contribution < 1.29 is 40.1 Å². The van der Waals surface area contributed by atoms with Crippen LogP contribution in [0.4, 0.5) is 0 Å². The van der Waals surface area contributed by atoms with E-state index in [4.69, 9.17) is 9.47 Å². The van der Waals surface area contributed by atoms with Crippen LogP contribution in [0.25, 0.3) is 0 Å². The largest absolute Gasteiger partial charge is 0.394 e. The number of aliphatic hydroxyl groups is 6. The van der Waals surface area contributed by atoms with Gasteiger partial charge >= 0.3 is 0 Å². The van der Waals surface area contributed by atoms with Crippen LogP contribution in [0.2, 0.25) is 0 Å². The highest BCUT2D eigenvalue weighted by molar-refractivity contribution is 5.24. The first-order valence-corrected chi connectivity index (χ1v) is 17.1. The molecule has 6 N–H and O–H groups in total. The molecule has 8 heteroatoms. The van der Waals surface area contributed by atoms with Crippen molar-refractivity contribution in [2.45, 2.75) is 149 Å². The molecule has 0 aromatic heterocycles. The van der Waals surface area contributed by atoms with Gasteiger partial charge in [0.25, 0.3) is 0 Å². The summed E-state index contributed by atoms with van der Waals surface area (Å²) in [6.07, 6.45) is 2.23. The van der Waals surface area contributed by atoms with E-state index < -0.39 is 61.0 Å². The molecule has 0 aromatic rings. The van der Waals surface area contributed by atoms with Crippen LogP contribution in [0.15, 0.2) is 23.3 Å². The molecular formula is C36H60O8. The first-order chi connectivity index (χ1) is 20.4. The van der Waals surface area contributed by atoms with Gasteiger partial charge < -0.3 is 40.1 Å². The van der Waals surface area contributed by atoms with Gasteiger partial charge in [0, 0.05) is 0 Å². The Morgan fingerprint density at radius 1 is 0.864 bits per heavy atom. The maximum atomic E-state index is 12.0. The SMILES string of the molecule is CC(C)=CC/C=C(\C)[C@H]1CC[C@]2(C)C1[C@H](O)C[C@@H]1[C@@]3(C)CC[C@H](O)C(C)(C)[C@@H]3[C@@H](O[C@@H]3O[C@H](CO)[C@@H](O)[C@H](O)[C@H]3O)C[C@]12C. The van der Waals surface area contributed by atoms with Gasteiger partial charge in [0.2, 0.25) is 0 Å². The van der Waals surface area contributed by atoms with Gasteiger partial charge in [-0.05, 0) is 111 Å². The van der Waals surface area contributed by atoms with Crippen LogP contribution < -0.4 is 0 Å². The molecule has 0 aromatic carbocycles. The Balaban J connectivity index is 1.55. The van der Waals surface area contributed by atoms with Crippen LogP contribution in [0.5, 0.6) is 0 Å². The Labute approximate surface area is 264 Å². The Morgan fingerprint density at radius 3 is 2.18 bits per heavy atom. The van der Waals surface area contributed by atoms with Crippen LogP contribution in [0.3, 0.4) is 0 Å². The molecule has 8 nitrogen and oxygen atoms in total. The van der Waals surface area contributed by atoms with Gasteiger partial charge in [0.05, 0.1) is 24.9 Å². The number of allylic oxidation sites excluding steroid dienone is 4. The lowest BCUT2D eigenvalue weighted by Crippen LogP contribution is -2.70. The molecule has 0 amide bonds. The van der Waals surface area contributed by atoms with Gasteiger partial charge in [-0.1, -0.05) is 57.9 Å². The zero-order chi connectivity index (χ0) is 32.6. The van der Waals surface area contributed by atoms with Crippen molar-refractivity contribution in [3.8, 4) is 0 Å². The van der Waals surface area contributed by atoms with Crippen LogP contribution in [-0.4, -0.2) is 86.3 Å². The molecule has 4 saturated carbocycles. The third-order valence-corrected chi connectivity index (χ3v) is 13.9. The standard InChI is InChI=1S/C36H60O8/c1-19(2)10-9-11-20(3)21-12-15-35(7)27(21)22(38)16-25-34(6)14-13-26(39)33(4,5)31(34)23(17-36(25,35)8)43-32-30(42)29(41)28(40)24(18-37)44-32/h10-11,21-32,37-42H,9,12-18H2,1-8H3/b20-11+/t21-,22-,23+,24-,25-,26+,27?,28-,29+,30-,31+,32-,34-,35-,36-/m1/s1. The van der Waals surface area contributed by atoms with Crippen molar-refractivity contribution in [3.05, 3.63) is 23.3 Å². The van der Waals surface area contributed by atoms with E-state index in [2.05, 4.69) is 67.5 Å². The predicted octanol–water partition coefficient (Wildman–Crippen LogP) is 4.10. The lowest BCUT2D eigenvalue weighted by Gasteiger charge is -2.72. The molecule has 1 aliphatic heterocycles. The molecule has 0 spiro atoms. The Hall–Kier alpha value is -0.840. The highest BCUT2D eigenvalue weighted by atomic mass is 16.7. The Morgan fingerprint density at radius 2 is 1.55 bits per heavy atom. The minimum atomic E-state index is -1.52. The molecule has 44 heavy (non-hydrogen) atoms. The third-order valence-electron chi connectivity index (χ3n) is 13.9. The summed E-state index contributed by atoms with van der Waals surface area (Å²) in [7, 11) is 0. The van der Waals surface area contributed by atoms with Crippen LogP contribution >= 0.6 is 0 Å². The number of fused-ring (bicyclic) bond motifs is 5. The van der Waals surface area contributed by atoms with E-state index in [1.807, 2.05) is 0 Å². The maximum absolute atomic E-state index is 12.0. The summed E-state index contributed by atoms with van der Waals surface area (Å²) in [5.41, 5.74) is 1.49. The summed E-state index contributed by atoms with van der Waals surface area (Å²) in [6, 6.07) is 0. The lowest BCUT2D eigenvalue weighted by molar-refractivity contribution is -0.346. The second kappa shape index (κ2) is 12.0. The number of hydrogen-bond acceptors (Lipinski definition) is 8. The fraction of sp³-hybridized carbons (Fsp3) is 0.889. The number of ether oxygens (including phenoxy) is 2. The summed E-state index contributed by atoms with van der Waals surface area (Å²) < 4.78 is 12.6. The van der Waals surface area contributed by atoms with Gasteiger partial charge in [-0.15, -0.1) is 0 Å². The van der Waals surface area contributed by atoms with E-state index in [-0.39, 0.29) is 34.0 Å². The van der Waals surface area contributed by atoms with Crippen LogP contribution in [0, 0.1) is 45.3 Å². The molecule has 5 fully saturated rings. The molecule has 1 saturated heterocycles. The average molecular weight is 621 g/mol. The van der Waals surface area contributed by atoms with Gasteiger partial charge in [-0.2, -0.15) is 0 Å². The molecule has 4 aliphatic carbocycles. The average Bonchev–Trinajstić information content (AvgIpc) is 3.32. The molecule has 5 rings (SSSR count). The van der Waals surface area contributed by atoms with Crippen molar-refractivity contribution in [1.29, 1.82) is 0 Å². The quantitative estimate of drug-likeness (QED) is 0.193. The molecule has 0 radical (unpaired) electrons. The van der Waals surface area contributed by atoms with Gasteiger partial charge in [-0.25, -0.2) is 0 Å². The normalized spacial score (nSPS) is 52.1. The fourth-order valence-corrected chi connectivity index (χ4v) is 11.5. The minimum Gasteiger partial charge on any atom is -0.394 e. The summed E-state index contributed by atoms with van der Waals surface area (Å²) in [5.74, 6) is 0.506. The summed E-state index contributed by atoms with van der Waals surface area (Å²) >= 11 is 0. The second-order valence-electron chi connectivity index (χ2n) is 16.8. The van der Waals surface area contributed by atoms with E-state index in [9.17, 15) is 30.6 Å². The highest BCUT2D eigenvalue weighted by Gasteiger charge is 2.72. The predicted molar refractivity (Wildman–Crippen MR) is 168 cm³/mol. The van der Waals surface area contributed by atoms with E-state index in [0.717, 1.165) is 25.7 Å². The van der Waals surface area contributed by atoms with Gasteiger partial charge in [0.15, 0.2) is 6.29 Å². The maximum Gasteiger partial charge on any atom is 0.186 e. The van der Waals surface area contributed by atoms with Crippen molar-refractivity contribution in [2.24, 2.45) is 45.3 Å². The Kier molecular flexibility index (Phi) is 9.40. The first kappa shape index (κ1) is 34.5. The smallest absolute Gasteiger partial charge is 0.186 e. The summed E-state index contributed by atoms with van der Waals surface area (Å²) in [6.45, 7) is 17.2. The molecule has 15 atom stereocenters. The first-order valence-electron chi connectivity index (χ1n) is 17.1. The highest BCUT2D eigenvalue weighted by Crippen LogP contribution is 2.76. The van der Waals surface area contributed by atoms with Crippen molar-refractivity contribution in [1.82, 2.24) is 0 Å². The molecule has 1 heterocycles. The summed E-state index contributed by atoms with van der Waals surface area (Å²) in [4.78, 5) is 0.